The Morgan fingerprint density at radius 1 is 1.04 bits per heavy atom. The van der Waals surface area contributed by atoms with E-state index in [0.717, 1.165) is 48.7 Å². The van der Waals surface area contributed by atoms with E-state index in [2.05, 4.69) is 62.4 Å². The molecule has 0 atom stereocenters. The number of quaternary nitrogens is 1. The summed E-state index contributed by atoms with van der Waals surface area (Å²) in [5.74, 6) is 0. The highest BCUT2D eigenvalue weighted by Crippen LogP contribution is 2.26. The third-order valence-electron chi connectivity index (χ3n) is 5.35. The van der Waals surface area contributed by atoms with Crippen molar-refractivity contribution in [3.63, 3.8) is 0 Å². The van der Waals surface area contributed by atoms with Crippen LogP contribution >= 0.6 is 0 Å². The van der Waals surface area contributed by atoms with Crippen molar-refractivity contribution in [1.82, 2.24) is 14.8 Å². The molecule has 28 heavy (non-hydrogen) atoms. The van der Waals surface area contributed by atoms with Crippen LogP contribution in [0.15, 0.2) is 59.8 Å². The van der Waals surface area contributed by atoms with Crippen molar-refractivity contribution in [3.8, 4) is 16.9 Å². The number of likely N-dealkylation sites (N-methyl/N-ethyl adjacent to an activating group) is 1. The molecule has 0 saturated carbocycles. The van der Waals surface area contributed by atoms with Gasteiger partial charge in [0.05, 0.1) is 45.1 Å². The van der Waals surface area contributed by atoms with Crippen molar-refractivity contribution in [2.45, 2.75) is 13.8 Å². The molecule has 5 nitrogen and oxygen atoms in total. The van der Waals surface area contributed by atoms with Crippen LogP contribution in [0.25, 0.3) is 16.9 Å². The average molecular weight is 375 g/mol. The van der Waals surface area contributed by atoms with E-state index in [4.69, 9.17) is 10.2 Å². The molecule has 0 aliphatic carbocycles. The SMILES string of the molecule is Cc1ccc(-c2nn(-c3ccccc3)cc2/C=N\N2CC[NH+](C)CC2)c(C)c1. The highest BCUT2D eigenvalue weighted by molar-refractivity contribution is 5.89. The summed E-state index contributed by atoms with van der Waals surface area (Å²) in [4.78, 5) is 1.57. The Bertz CT molecular complexity index is 966. The molecular formula is C23H28N5+. The second-order valence-corrected chi connectivity index (χ2v) is 7.69. The second-order valence-electron chi connectivity index (χ2n) is 7.69. The van der Waals surface area contributed by atoms with E-state index in [-0.39, 0.29) is 0 Å². The fourth-order valence-electron chi connectivity index (χ4n) is 3.62. The lowest BCUT2D eigenvalue weighted by molar-refractivity contribution is -0.884. The van der Waals surface area contributed by atoms with Gasteiger partial charge < -0.3 is 4.90 Å². The summed E-state index contributed by atoms with van der Waals surface area (Å²) in [5.41, 5.74) is 6.72. The standard InChI is InChI=1S/C23H27N5/c1-18-9-10-22(19(2)15-18)23-20(16-24-27-13-11-26(3)12-14-27)17-28(25-23)21-7-5-4-6-8-21/h4-10,15-17H,11-14H2,1-3H3/p+1/b24-16-. The average Bonchev–Trinajstić information content (AvgIpc) is 3.12. The topological polar surface area (TPSA) is 37.9 Å². The first kappa shape index (κ1) is 18.4. The van der Waals surface area contributed by atoms with Crippen LogP contribution in [0.5, 0.6) is 0 Å². The molecule has 1 aromatic heterocycles. The molecule has 1 saturated heterocycles. The maximum Gasteiger partial charge on any atom is 0.102 e. The van der Waals surface area contributed by atoms with Crippen molar-refractivity contribution in [1.29, 1.82) is 0 Å². The number of benzene rings is 2. The fourth-order valence-corrected chi connectivity index (χ4v) is 3.62. The van der Waals surface area contributed by atoms with E-state index in [1.807, 2.05) is 29.1 Å². The molecular weight excluding hydrogens is 346 g/mol. The molecule has 1 N–H and O–H groups in total. The van der Waals surface area contributed by atoms with Gasteiger partial charge in [-0.25, -0.2) is 4.68 Å². The van der Waals surface area contributed by atoms with Gasteiger partial charge in [-0.2, -0.15) is 10.2 Å². The van der Waals surface area contributed by atoms with Gasteiger partial charge in [0.25, 0.3) is 0 Å². The minimum Gasteiger partial charge on any atom is -0.334 e. The first-order valence-corrected chi connectivity index (χ1v) is 9.93. The minimum absolute atomic E-state index is 0.977. The van der Waals surface area contributed by atoms with Crippen molar-refractivity contribution in [2.24, 2.45) is 5.10 Å². The van der Waals surface area contributed by atoms with Crippen LogP contribution in [0.4, 0.5) is 0 Å². The highest BCUT2D eigenvalue weighted by atomic mass is 15.5. The molecule has 0 bridgehead atoms. The summed E-state index contributed by atoms with van der Waals surface area (Å²) in [6, 6.07) is 16.8. The van der Waals surface area contributed by atoms with E-state index in [9.17, 15) is 0 Å². The first-order valence-electron chi connectivity index (χ1n) is 9.93. The van der Waals surface area contributed by atoms with Gasteiger partial charge in [-0.05, 0) is 31.5 Å². The predicted octanol–water partition coefficient (Wildman–Crippen LogP) is 2.32. The van der Waals surface area contributed by atoms with Gasteiger partial charge in [0.1, 0.15) is 5.69 Å². The lowest BCUT2D eigenvalue weighted by atomic mass is 10.0. The molecule has 0 unspecified atom stereocenters. The number of hydrazone groups is 1. The maximum atomic E-state index is 4.92. The normalized spacial score (nSPS) is 15.5. The summed E-state index contributed by atoms with van der Waals surface area (Å²) in [6.07, 6.45) is 4.05. The van der Waals surface area contributed by atoms with Gasteiger partial charge >= 0.3 is 0 Å². The van der Waals surface area contributed by atoms with Gasteiger partial charge in [0.15, 0.2) is 0 Å². The minimum atomic E-state index is 0.977. The molecule has 144 valence electrons. The van der Waals surface area contributed by atoms with Crippen LogP contribution in [0, 0.1) is 13.8 Å². The highest BCUT2D eigenvalue weighted by Gasteiger charge is 2.16. The van der Waals surface area contributed by atoms with Crippen molar-refractivity contribution in [3.05, 3.63) is 71.4 Å². The Labute approximate surface area is 166 Å². The number of piperazine rings is 1. The number of nitrogens with one attached hydrogen (secondary N) is 1. The maximum absolute atomic E-state index is 4.92. The zero-order valence-corrected chi connectivity index (χ0v) is 16.9. The summed E-state index contributed by atoms with van der Waals surface area (Å²) < 4.78 is 1.95. The Hall–Kier alpha value is -2.92. The van der Waals surface area contributed by atoms with Crippen molar-refractivity contribution < 1.29 is 4.90 Å². The Kier molecular flexibility index (Phi) is 5.26. The number of aromatic nitrogens is 2. The molecule has 0 radical (unpaired) electrons. The van der Waals surface area contributed by atoms with Crippen molar-refractivity contribution in [2.75, 3.05) is 33.2 Å². The number of nitrogens with zero attached hydrogens (tertiary/aromatic N) is 4. The molecule has 3 aromatic rings. The lowest BCUT2D eigenvalue weighted by Gasteiger charge is -2.27. The molecule has 0 amide bonds. The van der Waals surface area contributed by atoms with Crippen LogP contribution in [0.3, 0.4) is 0 Å². The van der Waals surface area contributed by atoms with Gasteiger partial charge in [-0.15, -0.1) is 0 Å². The van der Waals surface area contributed by atoms with Gasteiger partial charge in [0, 0.05) is 17.3 Å². The van der Waals surface area contributed by atoms with Crippen molar-refractivity contribution >= 4 is 6.21 Å². The first-order chi connectivity index (χ1) is 13.6. The largest absolute Gasteiger partial charge is 0.334 e. The Morgan fingerprint density at radius 3 is 2.50 bits per heavy atom. The number of hydrogen-bond donors (Lipinski definition) is 1. The summed E-state index contributed by atoms with van der Waals surface area (Å²) in [7, 11) is 2.24. The summed E-state index contributed by atoms with van der Waals surface area (Å²) in [6.45, 7) is 8.52. The third-order valence-corrected chi connectivity index (χ3v) is 5.35. The number of hydrogen-bond acceptors (Lipinski definition) is 3. The van der Waals surface area contributed by atoms with Crippen LogP contribution < -0.4 is 4.90 Å². The molecule has 1 aliphatic rings. The Balaban J connectivity index is 1.72. The van der Waals surface area contributed by atoms with E-state index in [1.54, 1.807) is 4.90 Å². The van der Waals surface area contributed by atoms with Crippen LogP contribution in [0.2, 0.25) is 0 Å². The Morgan fingerprint density at radius 2 is 1.79 bits per heavy atom. The molecule has 0 spiro atoms. The molecule has 2 heterocycles. The van der Waals surface area contributed by atoms with Gasteiger partial charge in [-0.3, -0.25) is 5.01 Å². The molecule has 5 heteroatoms. The van der Waals surface area contributed by atoms with E-state index < -0.39 is 0 Å². The summed E-state index contributed by atoms with van der Waals surface area (Å²) >= 11 is 0. The zero-order valence-electron chi connectivity index (χ0n) is 16.9. The molecule has 1 aliphatic heterocycles. The van der Waals surface area contributed by atoms with E-state index in [0.29, 0.717) is 0 Å². The lowest BCUT2D eigenvalue weighted by Crippen LogP contribution is -3.11. The van der Waals surface area contributed by atoms with Crippen LogP contribution in [-0.4, -0.2) is 54.2 Å². The second kappa shape index (κ2) is 7.98. The number of rotatable bonds is 4. The molecule has 4 rings (SSSR count). The third kappa shape index (κ3) is 3.99. The van der Waals surface area contributed by atoms with Gasteiger partial charge in [-0.1, -0.05) is 42.0 Å². The zero-order chi connectivity index (χ0) is 19.5. The van der Waals surface area contributed by atoms with Crippen LogP contribution in [0.1, 0.15) is 16.7 Å². The number of para-hydroxylation sites is 1. The van der Waals surface area contributed by atoms with E-state index >= 15 is 0 Å². The van der Waals surface area contributed by atoms with E-state index in [1.165, 1.54) is 11.1 Å². The fraction of sp³-hybridized carbons (Fsp3) is 0.304. The van der Waals surface area contributed by atoms with Crippen LogP contribution in [-0.2, 0) is 0 Å². The van der Waals surface area contributed by atoms with Gasteiger partial charge in [0.2, 0.25) is 0 Å². The molecule has 2 aromatic carbocycles. The smallest absolute Gasteiger partial charge is 0.102 e. The predicted molar refractivity (Wildman–Crippen MR) is 114 cm³/mol. The monoisotopic (exact) mass is 374 g/mol. The summed E-state index contributed by atoms with van der Waals surface area (Å²) in [5, 5.41) is 11.9. The molecule has 1 fully saturated rings. The number of aryl methyl sites for hydroxylation is 2. The quantitative estimate of drug-likeness (QED) is 0.712.